The number of rotatable bonds is 3. The Bertz CT molecular complexity index is 1490. The van der Waals surface area contributed by atoms with Crippen molar-refractivity contribution in [3.05, 3.63) is 73.4 Å². The van der Waals surface area contributed by atoms with E-state index in [0.29, 0.717) is 17.2 Å². The summed E-state index contributed by atoms with van der Waals surface area (Å²) in [5.74, 6) is 0.654. The Labute approximate surface area is 170 Å². The molecule has 0 aliphatic rings. The molecule has 0 amide bonds. The lowest BCUT2D eigenvalue weighted by atomic mass is 10.1. The molecule has 0 radical (unpaired) electrons. The average molecular weight is 390 g/mol. The summed E-state index contributed by atoms with van der Waals surface area (Å²) in [4.78, 5) is 25.6. The van der Waals surface area contributed by atoms with Gasteiger partial charge in [-0.05, 0) is 35.9 Å². The van der Waals surface area contributed by atoms with Crippen LogP contribution in [0.15, 0.2) is 73.4 Å². The minimum atomic E-state index is 0.654. The Hall–Kier alpha value is -4.46. The molecule has 6 aromatic rings. The number of nitrogens with one attached hydrogen (secondary N) is 2. The summed E-state index contributed by atoms with van der Waals surface area (Å²) in [6.45, 7) is 0. The van der Waals surface area contributed by atoms with E-state index in [9.17, 15) is 0 Å². The van der Waals surface area contributed by atoms with Gasteiger partial charge in [-0.1, -0.05) is 12.1 Å². The van der Waals surface area contributed by atoms with Crippen LogP contribution in [0.3, 0.4) is 0 Å². The topological polar surface area (TPSA) is 109 Å². The summed E-state index contributed by atoms with van der Waals surface area (Å²) in [6.07, 6.45) is 8.54. The number of hydrogen-bond donors (Lipinski definition) is 2. The van der Waals surface area contributed by atoms with E-state index < -0.39 is 0 Å². The predicted octanol–water partition coefficient (Wildman–Crippen LogP) is 4.02. The molecule has 0 atom stereocenters. The van der Waals surface area contributed by atoms with Gasteiger partial charge in [-0.2, -0.15) is 5.10 Å². The molecule has 0 aliphatic carbocycles. The Kier molecular flexibility index (Phi) is 3.60. The fourth-order valence-corrected chi connectivity index (χ4v) is 3.55. The Morgan fingerprint density at radius 2 is 1.63 bits per heavy atom. The molecular formula is C22H14N8. The normalized spacial score (nSPS) is 11.3. The monoisotopic (exact) mass is 390 g/mol. The predicted molar refractivity (Wildman–Crippen MR) is 113 cm³/mol. The lowest BCUT2D eigenvalue weighted by Crippen LogP contribution is -1.89. The van der Waals surface area contributed by atoms with Gasteiger partial charge in [0.05, 0.1) is 28.4 Å². The van der Waals surface area contributed by atoms with Gasteiger partial charge in [0.1, 0.15) is 11.2 Å². The van der Waals surface area contributed by atoms with Crippen LogP contribution in [0.4, 0.5) is 0 Å². The third-order valence-corrected chi connectivity index (χ3v) is 4.96. The van der Waals surface area contributed by atoms with Crippen LogP contribution in [0.25, 0.3) is 56.1 Å². The second-order valence-electron chi connectivity index (χ2n) is 6.78. The van der Waals surface area contributed by atoms with E-state index in [1.165, 1.54) is 0 Å². The fourth-order valence-electron chi connectivity index (χ4n) is 3.55. The second kappa shape index (κ2) is 6.56. The molecule has 0 unspecified atom stereocenters. The maximum atomic E-state index is 4.86. The molecule has 2 N–H and O–H groups in total. The molecular weight excluding hydrogens is 376 g/mol. The minimum absolute atomic E-state index is 0.654. The molecule has 0 aliphatic heterocycles. The summed E-state index contributed by atoms with van der Waals surface area (Å²) < 4.78 is 0. The summed E-state index contributed by atoms with van der Waals surface area (Å²) in [6, 6.07) is 13.8. The molecule has 0 fully saturated rings. The molecule has 1 aromatic carbocycles. The summed E-state index contributed by atoms with van der Waals surface area (Å²) >= 11 is 0. The van der Waals surface area contributed by atoms with Gasteiger partial charge in [-0.3, -0.25) is 20.1 Å². The summed E-state index contributed by atoms with van der Waals surface area (Å²) in [5.41, 5.74) is 7.54. The molecule has 6 rings (SSSR count). The van der Waals surface area contributed by atoms with Crippen LogP contribution in [-0.2, 0) is 0 Å². The number of aromatic amines is 2. The Balaban J connectivity index is 1.52. The van der Waals surface area contributed by atoms with Crippen LogP contribution in [0.5, 0.6) is 0 Å². The second-order valence-corrected chi connectivity index (χ2v) is 6.78. The number of nitrogens with zero attached hydrogens (tertiary/aromatic N) is 6. The molecule has 5 aromatic heterocycles. The molecule has 30 heavy (non-hydrogen) atoms. The van der Waals surface area contributed by atoms with E-state index in [1.807, 2.05) is 36.4 Å². The van der Waals surface area contributed by atoms with Crippen LogP contribution in [0, 0.1) is 0 Å². The highest BCUT2D eigenvalue weighted by Gasteiger charge is 2.17. The minimum Gasteiger partial charge on any atom is -0.336 e. The van der Waals surface area contributed by atoms with Gasteiger partial charge >= 0.3 is 0 Å². The molecule has 5 heterocycles. The number of pyridine rings is 2. The largest absolute Gasteiger partial charge is 0.336 e. The van der Waals surface area contributed by atoms with Crippen LogP contribution in [0.2, 0.25) is 0 Å². The van der Waals surface area contributed by atoms with Gasteiger partial charge in [0.2, 0.25) is 0 Å². The average Bonchev–Trinajstić information content (AvgIpc) is 3.43. The molecule has 0 saturated heterocycles. The number of H-pyrrole nitrogens is 2. The number of imidazole rings is 1. The van der Waals surface area contributed by atoms with Gasteiger partial charge < -0.3 is 4.98 Å². The van der Waals surface area contributed by atoms with Crippen LogP contribution in [0.1, 0.15) is 0 Å². The van der Waals surface area contributed by atoms with Crippen molar-refractivity contribution >= 4 is 22.1 Å². The first-order valence-electron chi connectivity index (χ1n) is 9.38. The van der Waals surface area contributed by atoms with Gasteiger partial charge in [0.15, 0.2) is 11.5 Å². The van der Waals surface area contributed by atoms with E-state index >= 15 is 0 Å². The maximum Gasteiger partial charge on any atom is 0.161 e. The fraction of sp³-hybridized carbons (Fsp3) is 0. The lowest BCUT2D eigenvalue weighted by molar-refractivity contribution is 1.10. The molecule has 8 heteroatoms. The van der Waals surface area contributed by atoms with Crippen molar-refractivity contribution in [2.45, 2.75) is 0 Å². The summed E-state index contributed by atoms with van der Waals surface area (Å²) in [5, 5.41) is 7.51. The van der Waals surface area contributed by atoms with E-state index in [2.05, 4.69) is 36.2 Å². The van der Waals surface area contributed by atoms with Gasteiger partial charge in [0, 0.05) is 30.4 Å². The highest BCUT2D eigenvalue weighted by Crippen LogP contribution is 2.31. The van der Waals surface area contributed by atoms with Gasteiger partial charge in [0.25, 0.3) is 0 Å². The SMILES string of the molecule is c1cc(-c2ccncc2)c2nc(-c3n[nH]c4ccc(-c5cnccn5)nc34)[nH]c2c1. The molecule has 142 valence electrons. The quantitative estimate of drug-likeness (QED) is 0.472. The van der Waals surface area contributed by atoms with Crippen molar-refractivity contribution in [2.24, 2.45) is 0 Å². The number of benzene rings is 1. The lowest BCUT2D eigenvalue weighted by Gasteiger charge is -2.01. The maximum absolute atomic E-state index is 4.86. The van der Waals surface area contributed by atoms with Crippen molar-refractivity contribution < 1.29 is 0 Å². The van der Waals surface area contributed by atoms with Crippen molar-refractivity contribution in [3.8, 4) is 34.0 Å². The summed E-state index contributed by atoms with van der Waals surface area (Å²) in [7, 11) is 0. The standard InChI is InChI=1S/C22H14N8/c1-2-14(13-6-8-23-9-7-13)19-16(3-1)27-22(28-19)21-20-17(29-30-21)5-4-15(26-20)18-12-24-10-11-25-18/h1-12H,(H,27,28)(H,29,30). The van der Waals surface area contributed by atoms with Crippen molar-refractivity contribution in [1.82, 2.24) is 40.1 Å². The van der Waals surface area contributed by atoms with Crippen molar-refractivity contribution in [2.75, 3.05) is 0 Å². The zero-order valence-corrected chi connectivity index (χ0v) is 15.6. The number of fused-ring (bicyclic) bond motifs is 2. The van der Waals surface area contributed by atoms with Gasteiger partial charge in [-0.15, -0.1) is 0 Å². The number of aromatic nitrogens is 8. The molecule has 0 saturated carbocycles. The zero-order chi connectivity index (χ0) is 19.9. The molecule has 0 spiro atoms. The molecule has 0 bridgehead atoms. The van der Waals surface area contributed by atoms with E-state index in [1.54, 1.807) is 31.0 Å². The van der Waals surface area contributed by atoms with Crippen LogP contribution >= 0.6 is 0 Å². The third-order valence-electron chi connectivity index (χ3n) is 4.96. The Morgan fingerprint density at radius 1 is 0.700 bits per heavy atom. The van der Waals surface area contributed by atoms with Crippen LogP contribution in [-0.4, -0.2) is 40.1 Å². The number of para-hydroxylation sites is 1. The van der Waals surface area contributed by atoms with Gasteiger partial charge in [-0.25, -0.2) is 9.97 Å². The van der Waals surface area contributed by atoms with Crippen molar-refractivity contribution in [3.63, 3.8) is 0 Å². The third kappa shape index (κ3) is 2.62. The van der Waals surface area contributed by atoms with Crippen molar-refractivity contribution in [1.29, 1.82) is 0 Å². The first-order chi connectivity index (χ1) is 14.9. The van der Waals surface area contributed by atoms with E-state index in [0.717, 1.165) is 38.9 Å². The first-order valence-corrected chi connectivity index (χ1v) is 9.38. The van der Waals surface area contributed by atoms with Crippen LogP contribution < -0.4 is 0 Å². The van der Waals surface area contributed by atoms with E-state index in [-0.39, 0.29) is 0 Å². The highest BCUT2D eigenvalue weighted by atomic mass is 15.1. The zero-order valence-electron chi connectivity index (χ0n) is 15.6. The molecule has 8 nitrogen and oxygen atoms in total. The smallest absolute Gasteiger partial charge is 0.161 e. The Morgan fingerprint density at radius 3 is 2.50 bits per heavy atom. The first kappa shape index (κ1) is 16.5. The highest BCUT2D eigenvalue weighted by molar-refractivity contribution is 5.96. The van der Waals surface area contributed by atoms with E-state index in [4.69, 9.17) is 9.97 Å². The number of hydrogen-bond acceptors (Lipinski definition) is 6.